The molecule has 0 saturated carbocycles. The van der Waals surface area contributed by atoms with E-state index in [0.717, 1.165) is 40.8 Å². The maximum atomic E-state index is 12.5. The molecule has 1 amide bonds. The van der Waals surface area contributed by atoms with Gasteiger partial charge in [-0.3, -0.25) is 4.79 Å². The van der Waals surface area contributed by atoms with E-state index in [-0.39, 0.29) is 5.91 Å². The number of aromatic nitrogens is 1. The first-order valence-corrected chi connectivity index (χ1v) is 8.13. The van der Waals surface area contributed by atoms with Crippen molar-refractivity contribution >= 4 is 23.2 Å². The number of hydrogen-bond donors (Lipinski definition) is 0. The predicted molar refractivity (Wildman–Crippen MR) is 89.9 cm³/mol. The molecule has 6 heteroatoms. The Hall–Kier alpha value is -2.01. The molecular formula is C17H20ClN3O2. The summed E-state index contributed by atoms with van der Waals surface area (Å²) in [6.07, 6.45) is 0.354. The Labute approximate surface area is 140 Å². The molecule has 0 spiro atoms. The summed E-state index contributed by atoms with van der Waals surface area (Å²) >= 11 is 6.25. The van der Waals surface area contributed by atoms with E-state index in [1.165, 1.54) is 0 Å². The second-order valence-corrected chi connectivity index (χ2v) is 6.21. The summed E-state index contributed by atoms with van der Waals surface area (Å²) < 4.78 is 5.13. The van der Waals surface area contributed by atoms with Crippen molar-refractivity contribution in [1.29, 1.82) is 0 Å². The van der Waals surface area contributed by atoms with Crippen molar-refractivity contribution in [3.05, 3.63) is 46.3 Å². The van der Waals surface area contributed by atoms with E-state index in [0.29, 0.717) is 19.5 Å². The summed E-state index contributed by atoms with van der Waals surface area (Å²) in [7, 11) is 0. The number of amides is 1. The number of para-hydroxylation sites is 1. The molecule has 0 unspecified atom stereocenters. The third-order valence-electron chi connectivity index (χ3n) is 4.33. The van der Waals surface area contributed by atoms with Crippen LogP contribution in [-0.2, 0) is 11.2 Å². The molecule has 1 aliphatic rings. The highest BCUT2D eigenvalue weighted by Crippen LogP contribution is 2.26. The topological polar surface area (TPSA) is 49.6 Å². The van der Waals surface area contributed by atoms with Crippen molar-refractivity contribution in [2.45, 2.75) is 20.3 Å². The van der Waals surface area contributed by atoms with Crippen LogP contribution in [0.15, 0.2) is 28.8 Å². The Morgan fingerprint density at radius 2 is 1.91 bits per heavy atom. The normalized spacial score (nSPS) is 15.1. The number of rotatable bonds is 3. The van der Waals surface area contributed by atoms with Crippen molar-refractivity contribution in [2.24, 2.45) is 0 Å². The van der Waals surface area contributed by atoms with Crippen LogP contribution >= 0.6 is 11.6 Å². The van der Waals surface area contributed by atoms with Crippen LogP contribution in [0.2, 0.25) is 5.02 Å². The molecule has 2 heterocycles. The lowest BCUT2D eigenvalue weighted by atomic mass is 10.1. The number of benzene rings is 1. The Kier molecular flexibility index (Phi) is 4.57. The first kappa shape index (κ1) is 15.9. The lowest BCUT2D eigenvalue weighted by Gasteiger charge is -2.36. The fraction of sp³-hybridized carbons (Fsp3) is 0.412. The number of aryl methyl sites for hydroxylation is 2. The molecule has 0 N–H and O–H groups in total. The number of nitrogens with zero attached hydrogens (tertiary/aromatic N) is 3. The molecule has 1 aromatic heterocycles. The molecule has 122 valence electrons. The summed E-state index contributed by atoms with van der Waals surface area (Å²) in [5.74, 6) is 0.851. The van der Waals surface area contributed by atoms with E-state index in [1.54, 1.807) is 0 Å². The minimum Gasteiger partial charge on any atom is -0.367 e. The standard InChI is InChI=1S/C17H20ClN3O2/c1-12-14(13(2)23-19-12)11-17(22)21-9-7-20(8-10-21)16-6-4-3-5-15(16)18/h3-6H,7-11H2,1-2H3. The van der Waals surface area contributed by atoms with Gasteiger partial charge in [0.1, 0.15) is 5.76 Å². The first-order valence-electron chi connectivity index (χ1n) is 7.75. The van der Waals surface area contributed by atoms with Crippen LogP contribution in [0.4, 0.5) is 5.69 Å². The van der Waals surface area contributed by atoms with Gasteiger partial charge < -0.3 is 14.3 Å². The Morgan fingerprint density at radius 1 is 1.22 bits per heavy atom. The van der Waals surface area contributed by atoms with Crippen LogP contribution in [0, 0.1) is 13.8 Å². The average molecular weight is 334 g/mol. The van der Waals surface area contributed by atoms with Crippen molar-refractivity contribution in [2.75, 3.05) is 31.1 Å². The van der Waals surface area contributed by atoms with E-state index >= 15 is 0 Å². The minimum absolute atomic E-state index is 0.123. The zero-order valence-electron chi connectivity index (χ0n) is 13.4. The van der Waals surface area contributed by atoms with E-state index in [2.05, 4.69) is 10.1 Å². The number of carbonyl (C=O) groups is 1. The minimum atomic E-state index is 0.123. The summed E-state index contributed by atoms with van der Waals surface area (Å²) in [4.78, 5) is 16.6. The Morgan fingerprint density at radius 3 is 2.52 bits per heavy atom. The largest absolute Gasteiger partial charge is 0.367 e. The average Bonchev–Trinajstić information content (AvgIpc) is 2.87. The number of piperazine rings is 1. The van der Waals surface area contributed by atoms with Gasteiger partial charge in [0.15, 0.2) is 0 Å². The zero-order chi connectivity index (χ0) is 16.4. The molecule has 0 radical (unpaired) electrons. The highest BCUT2D eigenvalue weighted by atomic mass is 35.5. The van der Waals surface area contributed by atoms with Crippen molar-refractivity contribution in [1.82, 2.24) is 10.1 Å². The lowest BCUT2D eigenvalue weighted by molar-refractivity contribution is -0.130. The van der Waals surface area contributed by atoms with Gasteiger partial charge in [0, 0.05) is 31.7 Å². The van der Waals surface area contributed by atoms with Gasteiger partial charge in [-0.25, -0.2) is 0 Å². The molecule has 0 bridgehead atoms. The van der Waals surface area contributed by atoms with Crippen LogP contribution in [-0.4, -0.2) is 42.1 Å². The maximum Gasteiger partial charge on any atom is 0.227 e. The molecule has 0 atom stereocenters. The van der Waals surface area contributed by atoms with Crippen molar-refractivity contribution < 1.29 is 9.32 Å². The third kappa shape index (κ3) is 3.34. The highest BCUT2D eigenvalue weighted by molar-refractivity contribution is 6.33. The highest BCUT2D eigenvalue weighted by Gasteiger charge is 2.24. The second kappa shape index (κ2) is 6.62. The fourth-order valence-corrected chi connectivity index (χ4v) is 3.18. The molecule has 1 aliphatic heterocycles. The van der Waals surface area contributed by atoms with Crippen molar-refractivity contribution in [3.8, 4) is 0 Å². The summed E-state index contributed by atoms with van der Waals surface area (Å²) in [5, 5.41) is 4.66. The van der Waals surface area contributed by atoms with E-state index in [4.69, 9.17) is 16.1 Å². The Bertz CT molecular complexity index is 686. The SMILES string of the molecule is Cc1noc(C)c1CC(=O)N1CCN(c2ccccc2Cl)CC1. The van der Waals surface area contributed by atoms with Gasteiger partial charge in [0.25, 0.3) is 0 Å². The van der Waals surface area contributed by atoms with Gasteiger partial charge in [-0.1, -0.05) is 28.9 Å². The molecule has 5 nitrogen and oxygen atoms in total. The van der Waals surface area contributed by atoms with Gasteiger partial charge in [-0.05, 0) is 26.0 Å². The van der Waals surface area contributed by atoms with E-state index < -0.39 is 0 Å². The van der Waals surface area contributed by atoms with Gasteiger partial charge in [0.2, 0.25) is 5.91 Å². The summed E-state index contributed by atoms with van der Waals surface area (Å²) in [5.41, 5.74) is 2.74. The number of carbonyl (C=O) groups excluding carboxylic acids is 1. The van der Waals surface area contributed by atoms with Gasteiger partial charge in [-0.2, -0.15) is 0 Å². The quantitative estimate of drug-likeness (QED) is 0.866. The monoisotopic (exact) mass is 333 g/mol. The molecule has 23 heavy (non-hydrogen) atoms. The Balaban J connectivity index is 1.61. The predicted octanol–water partition coefficient (Wildman–Crippen LogP) is 2.84. The van der Waals surface area contributed by atoms with Crippen LogP contribution < -0.4 is 4.90 Å². The first-order chi connectivity index (χ1) is 11.1. The van der Waals surface area contributed by atoms with Gasteiger partial charge in [-0.15, -0.1) is 0 Å². The third-order valence-corrected chi connectivity index (χ3v) is 4.65. The molecule has 3 rings (SSSR count). The van der Waals surface area contributed by atoms with Crippen molar-refractivity contribution in [3.63, 3.8) is 0 Å². The summed E-state index contributed by atoms with van der Waals surface area (Å²) in [6.45, 7) is 6.70. The summed E-state index contributed by atoms with van der Waals surface area (Å²) in [6, 6.07) is 7.82. The second-order valence-electron chi connectivity index (χ2n) is 5.80. The maximum absolute atomic E-state index is 12.5. The van der Waals surface area contributed by atoms with Crippen LogP contribution in [0.5, 0.6) is 0 Å². The van der Waals surface area contributed by atoms with E-state index in [1.807, 2.05) is 43.0 Å². The number of hydrogen-bond acceptors (Lipinski definition) is 4. The zero-order valence-corrected chi connectivity index (χ0v) is 14.1. The van der Waals surface area contributed by atoms with E-state index in [9.17, 15) is 4.79 Å². The van der Waals surface area contributed by atoms with Crippen LogP contribution in [0.1, 0.15) is 17.0 Å². The molecule has 0 aliphatic carbocycles. The molecule has 1 saturated heterocycles. The van der Waals surface area contributed by atoms with Gasteiger partial charge in [0.05, 0.1) is 22.8 Å². The smallest absolute Gasteiger partial charge is 0.227 e. The number of halogens is 1. The van der Waals surface area contributed by atoms with Gasteiger partial charge >= 0.3 is 0 Å². The van der Waals surface area contributed by atoms with Crippen LogP contribution in [0.25, 0.3) is 0 Å². The molecule has 2 aromatic rings. The lowest BCUT2D eigenvalue weighted by Crippen LogP contribution is -2.49. The number of anilines is 1. The molecule has 1 fully saturated rings. The van der Waals surface area contributed by atoms with Crippen LogP contribution in [0.3, 0.4) is 0 Å². The molecule has 1 aromatic carbocycles. The fourth-order valence-electron chi connectivity index (χ4n) is 2.92. The molecular weight excluding hydrogens is 314 g/mol.